The highest BCUT2D eigenvalue weighted by Gasteiger charge is 2.30. The van der Waals surface area contributed by atoms with Crippen LogP contribution in [-0.4, -0.2) is 21.8 Å². The minimum absolute atomic E-state index is 0.201. The molecular weight excluding hydrogens is 352 g/mol. The van der Waals surface area contributed by atoms with E-state index >= 15 is 0 Å². The predicted molar refractivity (Wildman–Crippen MR) is 97.6 cm³/mol. The standard InChI is InChI=1S/C15H15ClN4OS2/c1-15(4-5-22-14(17)20-15)9-6-10(8-18-7-9)19-13(21)11-2-3-12(16)23-11/h2-3,6-8H,4-5H2,1H3,(H2,17,20)(H,19,21)/t15-/m0/s1. The number of amidine groups is 1. The van der Waals surface area contributed by atoms with Crippen molar-refractivity contribution in [3.8, 4) is 0 Å². The summed E-state index contributed by atoms with van der Waals surface area (Å²) in [6.45, 7) is 2.03. The smallest absolute Gasteiger partial charge is 0.265 e. The van der Waals surface area contributed by atoms with Gasteiger partial charge in [-0.2, -0.15) is 0 Å². The van der Waals surface area contributed by atoms with Gasteiger partial charge in [0.25, 0.3) is 5.91 Å². The van der Waals surface area contributed by atoms with E-state index in [1.165, 1.54) is 11.3 Å². The van der Waals surface area contributed by atoms with Gasteiger partial charge in [0.15, 0.2) is 5.17 Å². The minimum Gasteiger partial charge on any atom is -0.379 e. The van der Waals surface area contributed by atoms with E-state index in [4.69, 9.17) is 17.3 Å². The number of nitrogens with zero attached hydrogens (tertiary/aromatic N) is 2. The molecular formula is C15H15ClN4OS2. The molecule has 8 heteroatoms. The number of thiophene rings is 1. The van der Waals surface area contributed by atoms with Gasteiger partial charge in [0, 0.05) is 11.9 Å². The number of nitrogens with one attached hydrogen (secondary N) is 1. The first-order valence-corrected chi connectivity index (χ1v) is 9.15. The first-order chi connectivity index (χ1) is 11.0. The van der Waals surface area contributed by atoms with Gasteiger partial charge in [0.2, 0.25) is 0 Å². The summed E-state index contributed by atoms with van der Waals surface area (Å²) >= 11 is 8.66. The van der Waals surface area contributed by atoms with Crippen LogP contribution in [0.3, 0.4) is 0 Å². The second-order valence-electron chi connectivity index (χ2n) is 5.34. The van der Waals surface area contributed by atoms with Crippen molar-refractivity contribution in [2.45, 2.75) is 18.9 Å². The van der Waals surface area contributed by atoms with Gasteiger partial charge in [0.1, 0.15) is 0 Å². The fourth-order valence-corrected chi connectivity index (χ4v) is 4.24. The monoisotopic (exact) mass is 366 g/mol. The van der Waals surface area contributed by atoms with Crippen molar-refractivity contribution < 1.29 is 4.79 Å². The summed E-state index contributed by atoms with van der Waals surface area (Å²) < 4.78 is 0.582. The quantitative estimate of drug-likeness (QED) is 0.867. The molecule has 2 aromatic heterocycles. The number of pyridine rings is 1. The predicted octanol–water partition coefficient (Wildman–Crippen LogP) is 3.72. The SMILES string of the molecule is C[C@@]1(c2cncc(NC(=O)c3ccc(Cl)s3)c2)CCSC(N)=N1. The molecule has 0 saturated carbocycles. The number of carbonyl (C=O) groups excluding carboxylic acids is 1. The largest absolute Gasteiger partial charge is 0.379 e. The molecule has 3 N–H and O–H groups in total. The average molecular weight is 367 g/mol. The third-order valence-corrected chi connectivity index (χ3v) is 5.64. The summed E-state index contributed by atoms with van der Waals surface area (Å²) in [5.41, 5.74) is 7.01. The van der Waals surface area contributed by atoms with Gasteiger partial charge in [-0.05, 0) is 37.1 Å². The molecule has 0 aliphatic carbocycles. The zero-order valence-corrected chi connectivity index (χ0v) is 14.8. The van der Waals surface area contributed by atoms with Crippen LogP contribution in [0.25, 0.3) is 0 Å². The molecule has 0 unspecified atom stereocenters. The average Bonchev–Trinajstić information content (AvgIpc) is 2.94. The third-order valence-electron chi connectivity index (χ3n) is 3.61. The Bertz CT molecular complexity index is 776. The Morgan fingerprint density at radius 1 is 1.43 bits per heavy atom. The van der Waals surface area contributed by atoms with Gasteiger partial charge in [-0.1, -0.05) is 23.4 Å². The van der Waals surface area contributed by atoms with Crippen molar-refractivity contribution in [3.63, 3.8) is 0 Å². The number of aliphatic imine (C=N–C) groups is 1. The van der Waals surface area contributed by atoms with Crippen LogP contribution in [0.1, 0.15) is 28.6 Å². The highest BCUT2D eigenvalue weighted by Crippen LogP contribution is 2.35. The van der Waals surface area contributed by atoms with Crippen LogP contribution in [0, 0.1) is 0 Å². The molecule has 1 aliphatic rings. The number of nitrogens with two attached hydrogens (primary N) is 1. The Balaban J connectivity index is 1.83. The maximum absolute atomic E-state index is 12.2. The molecule has 2 aromatic rings. The minimum atomic E-state index is -0.407. The summed E-state index contributed by atoms with van der Waals surface area (Å²) in [5.74, 6) is 0.712. The molecule has 23 heavy (non-hydrogen) atoms. The van der Waals surface area contributed by atoms with Crippen molar-refractivity contribution in [2.75, 3.05) is 11.1 Å². The van der Waals surface area contributed by atoms with Crippen LogP contribution >= 0.6 is 34.7 Å². The zero-order valence-electron chi connectivity index (χ0n) is 12.4. The maximum atomic E-state index is 12.2. The molecule has 1 atom stereocenters. The number of thioether (sulfide) groups is 1. The Kier molecular flexibility index (Phi) is 4.61. The number of rotatable bonds is 3. The summed E-state index contributed by atoms with van der Waals surface area (Å²) in [6.07, 6.45) is 4.26. The lowest BCUT2D eigenvalue weighted by Gasteiger charge is -2.29. The van der Waals surface area contributed by atoms with Crippen molar-refractivity contribution in [1.82, 2.24) is 4.98 Å². The number of hydrogen-bond acceptors (Lipinski definition) is 6. The normalized spacial score (nSPS) is 20.9. The van der Waals surface area contributed by atoms with Crippen molar-refractivity contribution in [1.29, 1.82) is 0 Å². The molecule has 0 bridgehead atoms. The van der Waals surface area contributed by atoms with E-state index in [0.29, 0.717) is 20.1 Å². The van der Waals surface area contributed by atoms with E-state index in [0.717, 1.165) is 17.7 Å². The van der Waals surface area contributed by atoms with Crippen molar-refractivity contribution in [2.24, 2.45) is 10.7 Å². The fraction of sp³-hybridized carbons (Fsp3) is 0.267. The highest BCUT2D eigenvalue weighted by molar-refractivity contribution is 8.13. The van der Waals surface area contributed by atoms with Gasteiger partial charge >= 0.3 is 0 Å². The van der Waals surface area contributed by atoms with Crippen LogP contribution in [0.5, 0.6) is 0 Å². The van der Waals surface area contributed by atoms with E-state index < -0.39 is 5.54 Å². The lowest BCUT2D eigenvalue weighted by atomic mass is 9.91. The van der Waals surface area contributed by atoms with E-state index in [1.54, 1.807) is 36.3 Å². The number of hydrogen-bond donors (Lipinski definition) is 2. The van der Waals surface area contributed by atoms with Crippen LogP contribution < -0.4 is 11.1 Å². The van der Waals surface area contributed by atoms with E-state index in [-0.39, 0.29) is 5.91 Å². The molecule has 1 aliphatic heterocycles. The lowest BCUT2D eigenvalue weighted by molar-refractivity contribution is 0.103. The number of anilines is 1. The van der Waals surface area contributed by atoms with Gasteiger partial charge in [-0.3, -0.25) is 14.8 Å². The Labute approximate surface area is 147 Å². The highest BCUT2D eigenvalue weighted by atomic mass is 35.5. The maximum Gasteiger partial charge on any atom is 0.265 e. The van der Waals surface area contributed by atoms with Crippen molar-refractivity contribution >= 4 is 51.5 Å². The second kappa shape index (κ2) is 6.51. The molecule has 0 radical (unpaired) electrons. The number of aromatic nitrogens is 1. The van der Waals surface area contributed by atoms with Crippen molar-refractivity contribution in [3.05, 3.63) is 45.4 Å². The zero-order chi connectivity index (χ0) is 16.4. The Morgan fingerprint density at radius 3 is 2.96 bits per heavy atom. The van der Waals surface area contributed by atoms with Crippen LogP contribution in [0.15, 0.2) is 35.6 Å². The molecule has 0 spiro atoms. The van der Waals surface area contributed by atoms with Crippen LogP contribution in [-0.2, 0) is 5.54 Å². The summed E-state index contributed by atoms with van der Waals surface area (Å²) in [4.78, 5) is 21.6. The number of amides is 1. The van der Waals surface area contributed by atoms with E-state index in [1.807, 2.05) is 13.0 Å². The summed E-state index contributed by atoms with van der Waals surface area (Å²) in [5, 5.41) is 3.43. The van der Waals surface area contributed by atoms with Crippen LogP contribution in [0.4, 0.5) is 5.69 Å². The lowest BCUT2D eigenvalue weighted by Crippen LogP contribution is -2.29. The molecule has 3 rings (SSSR count). The molecule has 0 aromatic carbocycles. The molecule has 120 valence electrons. The topological polar surface area (TPSA) is 80.4 Å². The number of halogens is 1. The molecule has 0 fully saturated rings. The molecule has 1 amide bonds. The van der Waals surface area contributed by atoms with Crippen LogP contribution in [0.2, 0.25) is 4.34 Å². The van der Waals surface area contributed by atoms with E-state index in [9.17, 15) is 4.79 Å². The van der Waals surface area contributed by atoms with Gasteiger partial charge in [0.05, 0.1) is 26.6 Å². The number of carbonyl (C=O) groups is 1. The van der Waals surface area contributed by atoms with Gasteiger partial charge < -0.3 is 11.1 Å². The first-order valence-electron chi connectivity index (χ1n) is 6.97. The first kappa shape index (κ1) is 16.3. The molecule has 3 heterocycles. The summed E-state index contributed by atoms with van der Waals surface area (Å²) in [7, 11) is 0. The Morgan fingerprint density at radius 2 is 2.26 bits per heavy atom. The Hall–Kier alpha value is -1.57. The van der Waals surface area contributed by atoms with Gasteiger partial charge in [-0.25, -0.2) is 0 Å². The van der Waals surface area contributed by atoms with Gasteiger partial charge in [-0.15, -0.1) is 11.3 Å². The molecule has 5 nitrogen and oxygen atoms in total. The van der Waals surface area contributed by atoms with E-state index in [2.05, 4.69) is 15.3 Å². The second-order valence-corrected chi connectivity index (χ2v) is 8.17. The fourth-order valence-electron chi connectivity index (χ4n) is 2.33. The molecule has 0 saturated heterocycles. The summed E-state index contributed by atoms with van der Waals surface area (Å²) in [6, 6.07) is 5.30. The third kappa shape index (κ3) is 3.68.